The molecule has 1 aromatic rings. The first kappa shape index (κ1) is 17.0. The predicted octanol–water partition coefficient (Wildman–Crippen LogP) is 2.63. The van der Waals surface area contributed by atoms with Crippen LogP contribution in [0.1, 0.15) is 31.7 Å². The van der Waals surface area contributed by atoms with Crippen LogP contribution < -0.4 is 5.73 Å². The van der Waals surface area contributed by atoms with Crippen LogP contribution in [0.25, 0.3) is 0 Å². The van der Waals surface area contributed by atoms with Gasteiger partial charge in [-0.15, -0.1) is 12.4 Å². The van der Waals surface area contributed by atoms with Crippen molar-refractivity contribution in [2.24, 2.45) is 11.7 Å². The van der Waals surface area contributed by atoms with Crippen LogP contribution in [0.5, 0.6) is 0 Å². The van der Waals surface area contributed by atoms with Gasteiger partial charge in [0.05, 0.1) is 6.04 Å². The van der Waals surface area contributed by atoms with E-state index in [1.807, 2.05) is 35.2 Å². The number of benzene rings is 1. The molecule has 1 saturated heterocycles. The summed E-state index contributed by atoms with van der Waals surface area (Å²) >= 11 is 0. The number of carbonyl (C=O) groups excluding carboxylic acids is 1. The van der Waals surface area contributed by atoms with Crippen molar-refractivity contribution in [3.63, 3.8) is 0 Å². The van der Waals surface area contributed by atoms with Crippen molar-refractivity contribution in [3.05, 3.63) is 35.9 Å². The highest BCUT2D eigenvalue weighted by molar-refractivity contribution is 5.85. The van der Waals surface area contributed by atoms with E-state index >= 15 is 0 Å². The van der Waals surface area contributed by atoms with E-state index in [0.717, 1.165) is 31.5 Å². The van der Waals surface area contributed by atoms with E-state index in [9.17, 15) is 4.79 Å². The third kappa shape index (κ3) is 4.50. The molecule has 0 aromatic heterocycles. The molecule has 2 rings (SSSR count). The van der Waals surface area contributed by atoms with E-state index < -0.39 is 6.04 Å². The van der Waals surface area contributed by atoms with Gasteiger partial charge in [-0.3, -0.25) is 4.79 Å². The van der Waals surface area contributed by atoms with Gasteiger partial charge in [-0.2, -0.15) is 0 Å². The predicted molar refractivity (Wildman–Crippen MR) is 85.0 cm³/mol. The largest absolute Gasteiger partial charge is 0.341 e. The Morgan fingerprint density at radius 2 is 2.10 bits per heavy atom. The van der Waals surface area contributed by atoms with Crippen molar-refractivity contribution >= 4 is 18.3 Å². The zero-order chi connectivity index (χ0) is 13.7. The molecule has 112 valence electrons. The number of amides is 1. The number of nitrogens with two attached hydrogens (primary N) is 1. The monoisotopic (exact) mass is 296 g/mol. The molecule has 1 aliphatic heterocycles. The fraction of sp³-hybridized carbons (Fsp3) is 0.562. The van der Waals surface area contributed by atoms with Gasteiger partial charge in [-0.25, -0.2) is 0 Å². The van der Waals surface area contributed by atoms with Crippen LogP contribution >= 0.6 is 12.4 Å². The fourth-order valence-corrected chi connectivity index (χ4v) is 2.79. The van der Waals surface area contributed by atoms with Crippen LogP contribution in [0.4, 0.5) is 0 Å². The highest BCUT2D eigenvalue weighted by Gasteiger charge is 2.26. The molecule has 0 saturated carbocycles. The van der Waals surface area contributed by atoms with Crippen LogP contribution in [-0.4, -0.2) is 29.9 Å². The Hall–Kier alpha value is -1.06. The number of hydrogen-bond acceptors (Lipinski definition) is 2. The fourth-order valence-electron chi connectivity index (χ4n) is 2.79. The maximum Gasteiger partial charge on any atom is 0.239 e. The minimum atomic E-state index is -0.405. The number of piperidine rings is 1. The van der Waals surface area contributed by atoms with Crippen molar-refractivity contribution in [2.75, 3.05) is 13.1 Å². The first-order valence-electron chi connectivity index (χ1n) is 7.29. The van der Waals surface area contributed by atoms with Gasteiger partial charge in [0.1, 0.15) is 0 Å². The molecule has 2 N–H and O–H groups in total. The molecule has 0 aliphatic carbocycles. The van der Waals surface area contributed by atoms with Crippen LogP contribution in [0.2, 0.25) is 0 Å². The smallest absolute Gasteiger partial charge is 0.239 e. The van der Waals surface area contributed by atoms with Gasteiger partial charge in [-0.05, 0) is 30.7 Å². The summed E-state index contributed by atoms with van der Waals surface area (Å²) in [7, 11) is 0. The Balaban J connectivity index is 0.00000200. The summed E-state index contributed by atoms with van der Waals surface area (Å²) in [6.07, 6.45) is 4.14. The second-order valence-electron chi connectivity index (χ2n) is 5.50. The second kappa shape index (κ2) is 8.28. The van der Waals surface area contributed by atoms with E-state index in [-0.39, 0.29) is 18.3 Å². The van der Waals surface area contributed by atoms with E-state index in [4.69, 9.17) is 5.73 Å². The van der Waals surface area contributed by atoms with Crippen molar-refractivity contribution in [3.8, 4) is 0 Å². The van der Waals surface area contributed by atoms with Gasteiger partial charge < -0.3 is 10.6 Å². The Morgan fingerprint density at radius 3 is 2.75 bits per heavy atom. The van der Waals surface area contributed by atoms with E-state index in [2.05, 4.69) is 6.92 Å². The number of nitrogens with zero attached hydrogens (tertiary/aromatic N) is 1. The normalized spacial score (nSPS) is 20.1. The summed E-state index contributed by atoms with van der Waals surface area (Å²) in [5.74, 6) is 0.767. The topological polar surface area (TPSA) is 46.3 Å². The summed E-state index contributed by atoms with van der Waals surface area (Å²) in [5.41, 5.74) is 7.21. The number of carbonyl (C=O) groups is 1. The molecular weight excluding hydrogens is 272 g/mol. The van der Waals surface area contributed by atoms with Crippen molar-refractivity contribution in [2.45, 2.75) is 38.6 Å². The van der Waals surface area contributed by atoms with E-state index in [1.165, 1.54) is 6.42 Å². The summed E-state index contributed by atoms with van der Waals surface area (Å²) in [4.78, 5) is 14.3. The molecule has 0 radical (unpaired) electrons. The van der Waals surface area contributed by atoms with Gasteiger partial charge in [-0.1, -0.05) is 43.7 Å². The first-order valence-corrected chi connectivity index (χ1v) is 7.29. The molecule has 0 spiro atoms. The third-order valence-electron chi connectivity index (χ3n) is 4.02. The third-order valence-corrected chi connectivity index (χ3v) is 4.02. The van der Waals surface area contributed by atoms with Gasteiger partial charge >= 0.3 is 0 Å². The molecule has 1 unspecified atom stereocenters. The number of likely N-dealkylation sites (tertiary alicyclic amines) is 1. The zero-order valence-corrected chi connectivity index (χ0v) is 12.9. The quantitative estimate of drug-likeness (QED) is 0.928. The Labute approximate surface area is 127 Å². The van der Waals surface area contributed by atoms with Crippen molar-refractivity contribution in [1.82, 2.24) is 4.90 Å². The molecule has 1 heterocycles. The lowest BCUT2D eigenvalue weighted by Gasteiger charge is -2.34. The summed E-state index contributed by atoms with van der Waals surface area (Å²) < 4.78 is 0. The maximum atomic E-state index is 12.4. The maximum absolute atomic E-state index is 12.4. The molecule has 1 aromatic carbocycles. The van der Waals surface area contributed by atoms with E-state index in [0.29, 0.717) is 12.3 Å². The number of rotatable bonds is 4. The molecule has 1 fully saturated rings. The Bertz CT molecular complexity index is 410. The van der Waals surface area contributed by atoms with Crippen molar-refractivity contribution < 1.29 is 4.79 Å². The Morgan fingerprint density at radius 1 is 1.40 bits per heavy atom. The molecule has 2 atom stereocenters. The van der Waals surface area contributed by atoms with Crippen LogP contribution in [-0.2, 0) is 11.2 Å². The second-order valence-corrected chi connectivity index (χ2v) is 5.50. The molecule has 1 aliphatic rings. The minimum Gasteiger partial charge on any atom is -0.341 e. The standard InChI is InChI=1S/C16H24N2O.ClH/c1-2-13-9-6-10-18(12-13)16(19)15(17)11-14-7-4-3-5-8-14;/h3-5,7-8,13,15H,2,6,9-12,17H2,1H3;1H/t13?,15-;/m0./s1. The Kier molecular flexibility index (Phi) is 7.03. The first-order chi connectivity index (χ1) is 9.20. The van der Waals surface area contributed by atoms with Crippen LogP contribution in [0.3, 0.4) is 0 Å². The minimum absolute atomic E-state index is 0. The average Bonchev–Trinajstić information content (AvgIpc) is 2.47. The molecule has 1 amide bonds. The summed E-state index contributed by atoms with van der Waals surface area (Å²) in [5, 5.41) is 0. The van der Waals surface area contributed by atoms with Gasteiger partial charge in [0.2, 0.25) is 5.91 Å². The number of halogens is 1. The summed E-state index contributed by atoms with van der Waals surface area (Å²) in [6, 6.07) is 9.60. The highest BCUT2D eigenvalue weighted by Crippen LogP contribution is 2.19. The lowest BCUT2D eigenvalue weighted by Crippen LogP contribution is -2.48. The molecule has 20 heavy (non-hydrogen) atoms. The van der Waals surface area contributed by atoms with Crippen LogP contribution in [0.15, 0.2) is 30.3 Å². The van der Waals surface area contributed by atoms with E-state index in [1.54, 1.807) is 0 Å². The molecule has 0 bridgehead atoms. The lowest BCUT2D eigenvalue weighted by molar-refractivity contribution is -0.134. The van der Waals surface area contributed by atoms with Crippen LogP contribution in [0, 0.1) is 5.92 Å². The lowest BCUT2D eigenvalue weighted by atomic mass is 9.94. The molecular formula is C16H25ClN2O. The van der Waals surface area contributed by atoms with Gasteiger partial charge in [0, 0.05) is 13.1 Å². The average molecular weight is 297 g/mol. The van der Waals surface area contributed by atoms with Gasteiger partial charge in [0.15, 0.2) is 0 Å². The molecule has 3 nitrogen and oxygen atoms in total. The molecule has 4 heteroatoms. The summed E-state index contributed by atoms with van der Waals surface area (Å²) in [6.45, 7) is 3.96. The number of hydrogen-bond donors (Lipinski definition) is 1. The highest BCUT2D eigenvalue weighted by atomic mass is 35.5. The zero-order valence-electron chi connectivity index (χ0n) is 12.1. The SMILES string of the molecule is CCC1CCCN(C(=O)[C@@H](N)Cc2ccccc2)C1.Cl. The van der Waals surface area contributed by atoms with Gasteiger partial charge in [0.25, 0.3) is 0 Å². The van der Waals surface area contributed by atoms with Crippen molar-refractivity contribution in [1.29, 1.82) is 0 Å².